The van der Waals surface area contributed by atoms with E-state index in [0.29, 0.717) is 33.8 Å². The number of rotatable bonds is 4. The maximum Gasteiger partial charge on any atom is 0.335 e. The van der Waals surface area contributed by atoms with Gasteiger partial charge in [-0.15, -0.1) is 0 Å². The van der Waals surface area contributed by atoms with Crippen molar-refractivity contribution in [2.45, 2.75) is 6.92 Å². The third-order valence-corrected chi connectivity index (χ3v) is 4.24. The van der Waals surface area contributed by atoms with Crippen LogP contribution in [0.2, 0.25) is 0 Å². The number of fused-ring (bicyclic) bond motifs is 1. The number of para-hydroxylation sites is 1. The second kappa shape index (κ2) is 6.96. The van der Waals surface area contributed by atoms with Crippen LogP contribution in [0.3, 0.4) is 0 Å². The van der Waals surface area contributed by atoms with Crippen molar-refractivity contribution in [1.29, 1.82) is 0 Å². The summed E-state index contributed by atoms with van der Waals surface area (Å²) in [5.41, 5.74) is 1.17. The van der Waals surface area contributed by atoms with Crippen molar-refractivity contribution in [2.24, 2.45) is 5.10 Å². The molecule has 0 aliphatic rings. The summed E-state index contributed by atoms with van der Waals surface area (Å²) >= 11 is 0. The van der Waals surface area contributed by atoms with Gasteiger partial charge in [0, 0.05) is 5.56 Å². The highest BCUT2D eigenvalue weighted by Crippen LogP contribution is 2.22. The van der Waals surface area contributed by atoms with E-state index in [1.54, 1.807) is 49.4 Å². The van der Waals surface area contributed by atoms with Gasteiger partial charge < -0.3 is 9.52 Å². The van der Waals surface area contributed by atoms with Crippen LogP contribution < -0.4 is 5.56 Å². The molecule has 28 heavy (non-hydrogen) atoms. The van der Waals surface area contributed by atoms with Crippen molar-refractivity contribution < 1.29 is 14.3 Å². The molecule has 0 unspecified atom stereocenters. The highest BCUT2D eigenvalue weighted by molar-refractivity contribution is 5.89. The smallest absolute Gasteiger partial charge is 0.335 e. The van der Waals surface area contributed by atoms with Gasteiger partial charge >= 0.3 is 5.97 Å². The molecule has 2 aromatic heterocycles. The molecule has 2 heterocycles. The van der Waals surface area contributed by atoms with Gasteiger partial charge in [0.15, 0.2) is 0 Å². The zero-order valence-electron chi connectivity index (χ0n) is 14.9. The number of aromatic nitrogens is 2. The maximum absolute atomic E-state index is 12.6. The van der Waals surface area contributed by atoms with Gasteiger partial charge in [-0.1, -0.05) is 24.3 Å². The zero-order valence-corrected chi connectivity index (χ0v) is 14.9. The molecule has 0 atom stereocenters. The predicted molar refractivity (Wildman–Crippen MR) is 105 cm³/mol. The first-order chi connectivity index (χ1) is 13.5. The lowest BCUT2D eigenvalue weighted by Crippen LogP contribution is -2.20. The minimum absolute atomic E-state index is 0.175. The van der Waals surface area contributed by atoms with E-state index in [2.05, 4.69) is 10.1 Å². The van der Waals surface area contributed by atoms with Gasteiger partial charge in [-0.3, -0.25) is 4.79 Å². The molecule has 0 saturated carbocycles. The Hall–Kier alpha value is -4.00. The molecule has 0 bridgehead atoms. The lowest BCUT2D eigenvalue weighted by molar-refractivity contribution is 0.0697. The Labute approximate surface area is 159 Å². The van der Waals surface area contributed by atoms with E-state index in [1.165, 1.54) is 23.0 Å². The van der Waals surface area contributed by atoms with Gasteiger partial charge in [-0.25, -0.2) is 9.78 Å². The van der Waals surface area contributed by atoms with Crippen molar-refractivity contribution in [1.82, 2.24) is 9.66 Å². The minimum atomic E-state index is -1.01. The average molecular weight is 373 g/mol. The van der Waals surface area contributed by atoms with E-state index in [4.69, 9.17) is 9.52 Å². The third-order valence-electron chi connectivity index (χ3n) is 4.24. The number of carboxylic acid groups (broad SMARTS) is 1. The third kappa shape index (κ3) is 3.21. The fourth-order valence-electron chi connectivity index (χ4n) is 2.87. The van der Waals surface area contributed by atoms with Crippen LogP contribution in [0.4, 0.5) is 0 Å². The Bertz CT molecular complexity index is 1280. The van der Waals surface area contributed by atoms with Gasteiger partial charge in [-0.2, -0.15) is 9.78 Å². The van der Waals surface area contributed by atoms with Crippen molar-refractivity contribution >= 4 is 23.1 Å². The SMILES string of the molecule is Cc1nc2ccccc2c(=O)n1/N=C/c1ccc(-c2cccc(C(=O)O)c2)o1. The molecule has 0 fully saturated rings. The Morgan fingerprint density at radius 3 is 2.79 bits per heavy atom. The van der Waals surface area contributed by atoms with E-state index in [1.807, 2.05) is 6.07 Å². The van der Waals surface area contributed by atoms with Crippen LogP contribution in [0.5, 0.6) is 0 Å². The molecule has 0 spiro atoms. The first kappa shape index (κ1) is 17.4. The molecule has 0 aliphatic heterocycles. The zero-order chi connectivity index (χ0) is 19.7. The van der Waals surface area contributed by atoms with Crippen LogP contribution >= 0.6 is 0 Å². The number of benzene rings is 2. The van der Waals surface area contributed by atoms with Gasteiger partial charge in [0.2, 0.25) is 0 Å². The summed E-state index contributed by atoms with van der Waals surface area (Å²) in [5.74, 6) is 0.384. The minimum Gasteiger partial charge on any atom is -0.478 e. The quantitative estimate of drug-likeness (QED) is 0.552. The average Bonchev–Trinajstić information content (AvgIpc) is 3.17. The van der Waals surface area contributed by atoms with Crippen LogP contribution in [-0.4, -0.2) is 27.0 Å². The van der Waals surface area contributed by atoms with Crippen LogP contribution in [0, 0.1) is 6.92 Å². The Morgan fingerprint density at radius 1 is 1.14 bits per heavy atom. The molecule has 4 rings (SSSR count). The molecule has 7 heteroatoms. The lowest BCUT2D eigenvalue weighted by Gasteiger charge is -2.04. The number of carbonyl (C=O) groups is 1. The topological polar surface area (TPSA) is 97.7 Å². The van der Waals surface area contributed by atoms with Crippen LogP contribution in [0.25, 0.3) is 22.2 Å². The maximum atomic E-state index is 12.6. The van der Waals surface area contributed by atoms with Crippen molar-refractivity contribution in [3.63, 3.8) is 0 Å². The Morgan fingerprint density at radius 2 is 1.96 bits per heavy atom. The fourth-order valence-corrected chi connectivity index (χ4v) is 2.87. The second-order valence-electron chi connectivity index (χ2n) is 6.13. The molecular formula is C21H15N3O4. The molecule has 138 valence electrons. The molecule has 7 nitrogen and oxygen atoms in total. The first-order valence-electron chi connectivity index (χ1n) is 8.49. The molecule has 0 aliphatic carbocycles. The van der Waals surface area contributed by atoms with E-state index in [9.17, 15) is 9.59 Å². The molecule has 1 N–H and O–H groups in total. The lowest BCUT2D eigenvalue weighted by atomic mass is 10.1. The monoisotopic (exact) mass is 373 g/mol. The van der Waals surface area contributed by atoms with Gasteiger partial charge in [0.05, 0.1) is 22.7 Å². The molecule has 0 saturated heterocycles. The number of nitrogens with zero attached hydrogens (tertiary/aromatic N) is 3. The van der Waals surface area contributed by atoms with Crippen molar-refractivity contribution in [2.75, 3.05) is 0 Å². The normalized spacial score (nSPS) is 11.3. The molecule has 4 aromatic rings. The number of furan rings is 1. The van der Waals surface area contributed by atoms with E-state index < -0.39 is 5.97 Å². The second-order valence-corrected chi connectivity index (χ2v) is 6.13. The van der Waals surface area contributed by atoms with Crippen LogP contribution in [0.15, 0.2) is 75.0 Å². The number of aromatic carboxylic acids is 1. The Kier molecular flexibility index (Phi) is 4.33. The number of hydrogen-bond acceptors (Lipinski definition) is 5. The number of carboxylic acids is 1. The largest absolute Gasteiger partial charge is 0.478 e. The summed E-state index contributed by atoms with van der Waals surface area (Å²) in [7, 11) is 0. The molecular weight excluding hydrogens is 358 g/mol. The summed E-state index contributed by atoms with van der Waals surface area (Å²) in [6, 6.07) is 17.0. The fraction of sp³-hybridized carbons (Fsp3) is 0.0476. The standard InChI is InChI=1S/C21H15N3O4/c1-13-23-18-8-3-2-7-17(18)20(25)24(13)22-12-16-9-10-19(28-16)14-5-4-6-15(11-14)21(26)27/h2-12H,1H3,(H,26,27)/b22-12+. The highest BCUT2D eigenvalue weighted by Gasteiger charge is 2.09. The van der Waals surface area contributed by atoms with E-state index in [0.717, 1.165) is 0 Å². The van der Waals surface area contributed by atoms with Gasteiger partial charge in [0.25, 0.3) is 5.56 Å². The van der Waals surface area contributed by atoms with Crippen LogP contribution in [0.1, 0.15) is 21.9 Å². The van der Waals surface area contributed by atoms with E-state index in [-0.39, 0.29) is 11.1 Å². The Balaban J connectivity index is 1.67. The first-order valence-corrected chi connectivity index (χ1v) is 8.49. The molecule has 2 aromatic carbocycles. The summed E-state index contributed by atoms with van der Waals surface area (Å²) in [6.45, 7) is 1.70. The van der Waals surface area contributed by atoms with Crippen LogP contribution in [-0.2, 0) is 0 Å². The highest BCUT2D eigenvalue weighted by atomic mass is 16.4. The van der Waals surface area contributed by atoms with Gasteiger partial charge in [0.1, 0.15) is 17.3 Å². The predicted octanol–water partition coefficient (Wildman–Crippen LogP) is 3.55. The number of hydrogen-bond donors (Lipinski definition) is 1. The summed E-state index contributed by atoms with van der Waals surface area (Å²) < 4.78 is 6.93. The van der Waals surface area contributed by atoms with Crippen molar-refractivity contribution in [3.8, 4) is 11.3 Å². The molecule has 0 radical (unpaired) electrons. The van der Waals surface area contributed by atoms with Gasteiger partial charge in [-0.05, 0) is 43.3 Å². The molecule has 0 amide bonds. The number of aryl methyl sites for hydroxylation is 1. The van der Waals surface area contributed by atoms with E-state index >= 15 is 0 Å². The summed E-state index contributed by atoms with van der Waals surface area (Å²) in [6.07, 6.45) is 1.43. The van der Waals surface area contributed by atoms with Crippen molar-refractivity contribution in [3.05, 3.63) is 88.2 Å². The summed E-state index contributed by atoms with van der Waals surface area (Å²) in [4.78, 5) is 28.1. The summed E-state index contributed by atoms with van der Waals surface area (Å²) in [5, 5.41) is 13.8.